The lowest BCUT2D eigenvalue weighted by molar-refractivity contribution is 0.291. The largest absolute Gasteiger partial charge is 0.480 e. The molecule has 1 atom stereocenters. The van der Waals surface area contributed by atoms with E-state index in [0.717, 1.165) is 31.1 Å². The minimum absolute atomic E-state index is 0.0650. The summed E-state index contributed by atoms with van der Waals surface area (Å²) < 4.78 is 10.9. The van der Waals surface area contributed by atoms with Gasteiger partial charge in [0, 0.05) is 0 Å². The van der Waals surface area contributed by atoms with Gasteiger partial charge in [-0.15, -0.1) is 0 Å². The summed E-state index contributed by atoms with van der Waals surface area (Å²) in [6.07, 6.45) is 3.29. The van der Waals surface area contributed by atoms with E-state index in [9.17, 15) is 0 Å². The summed E-state index contributed by atoms with van der Waals surface area (Å²) in [5, 5.41) is 0. The van der Waals surface area contributed by atoms with E-state index in [2.05, 4.69) is 16.9 Å². The van der Waals surface area contributed by atoms with Crippen LogP contribution in [0.3, 0.4) is 0 Å². The van der Waals surface area contributed by atoms with Crippen molar-refractivity contribution in [3.63, 3.8) is 0 Å². The van der Waals surface area contributed by atoms with Gasteiger partial charge in [-0.1, -0.05) is 19.8 Å². The number of hydrogen-bond donors (Lipinski definition) is 0. The molecule has 1 aliphatic heterocycles. The molecule has 4 nitrogen and oxygen atoms in total. The highest BCUT2D eigenvalue weighted by molar-refractivity contribution is 5.91. The Morgan fingerprint density at radius 1 is 1.19 bits per heavy atom. The van der Waals surface area contributed by atoms with E-state index in [1.165, 1.54) is 0 Å². The van der Waals surface area contributed by atoms with Gasteiger partial charge in [0.25, 0.3) is 0 Å². The van der Waals surface area contributed by atoms with E-state index in [0.29, 0.717) is 19.8 Å². The van der Waals surface area contributed by atoms with E-state index in [-0.39, 0.29) is 6.04 Å². The van der Waals surface area contributed by atoms with Gasteiger partial charge < -0.3 is 9.47 Å². The van der Waals surface area contributed by atoms with Crippen LogP contribution in [0, 0.1) is 0 Å². The summed E-state index contributed by atoms with van der Waals surface area (Å²) in [5.74, 6) is 1.52. The SMILES string of the molecule is CCCC[C@@H]1N=C(OCC)CN=C1OCC. The van der Waals surface area contributed by atoms with Gasteiger partial charge >= 0.3 is 0 Å². The first-order valence-electron chi connectivity index (χ1n) is 6.18. The van der Waals surface area contributed by atoms with E-state index in [4.69, 9.17) is 9.47 Å². The lowest BCUT2D eigenvalue weighted by atomic mass is 10.1. The number of ether oxygens (including phenoxy) is 2. The Kier molecular flexibility index (Phi) is 5.90. The van der Waals surface area contributed by atoms with Crippen LogP contribution in [0.5, 0.6) is 0 Å². The minimum Gasteiger partial charge on any atom is -0.480 e. The van der Waals surface area contributed by atoms with Crippen LogP contribution in [0.25, 0.3) is 0 Å². The van der Waals surface area contributed by atoms with E-state index in [1.54, 1.807) is 0 Å². The van der Waals surface area contributed by atoms with Crippen molar-refractivity contribution in [3.05, 3.63) is 0 Å². The molecule has 1 aliphatic rings. The smallest absolute Gasteiger partial charge is 0.209 e. The van der Waals surface area contributed by atoms with Crippen molar-refractivity contribution in [3.8, 4) is 0 Å². The molecule has 1 rings (SSSR count). The fraction of sp³-hybridized carbons (Fsp3) is 0.833. The van der Waals surface area contributed by atoms with Crippen molar-refractivity contribution in [2.24, 2.45) is 9.98 Å². The Hall–Kier alpha value is -1.06. The molecule has 0 aromatic rings. The fourth-order valence-electron chi connectivity index (χ4n) is 1.65. The Morgan fingerprint density at radius 2 is 1.94 bits per heavy atom. The van der Waals surface area contributed by atoms with E-state index in [1.807, 2.05) is 13.8 Å². The molecule has 4 heteroatoms. The molecule has 0 spiro atoms. The van der Waals surface area contributed by atoms with Crippen molar-refractivity contribution in [1.82, 2.24) is 0 Å². The topological polar surface area (TPSA) is 43.2 Å². The zero-order chi connectivity index (χ0) is 11.8. The number of hydrogen-bond acceptors (Lipinski definition) is 4. The molecule has 0 saturated heterocycles. The van der Waals surface area contributed by atoms with Gasteiger partial charge in [-0.2, -0.15) is 0 Å². The summed E-state index contributed by atoms with van der Waals surface area (Å²) in [7, 11) is 0. The standard InChI is InChI=1S/C12H22N2O2/c1-4-7-8-10-12(16-6-3)13-9-11(14-10)15-5-2/h10H,4-9H2,1-3H3/t10-/m0/s1. The number of unbranched alkanes of at least 4 members (excludes halogenated alkanes) is 1. The fourth-order valence-corrected chi connectivity index (χ4v) is 1.65. The summed E-state index contributed by atoms with van der Waals surface area (Å²) in [6.45, 7) is 7.94. The first-order chi connectivity index (χ1) is 7.81. The zero-order valence-electron chi connectivity index (χ0n) is 10.5. The van der Waals surface area contributed by atoms with Crippen LogP contribution in [0.4, 0.5) is 0 Å². The third-order valence-electron chi connectivity index (χ3n) is 2.39. The Morgan fingerprint density at radius 3 is 2.56 bits per heavy atom. The number of rotatable bonds is 5. The second kappa shape index (κ2) is 7.25. The van der Waals surface area contributed by atoms with Crippen molar-refractivity contribution < 1.29 is 9.47 Å². The van der Waals surface area contributed by atoms with Crippen LogP contribution in [-0.2, 0) is 9.47 Å². The lowest BCUT2D eigenvalue weighted by Crippen LogP contribution is -2.30. The third kappa shape index (κ3) is 3.83. The van der Waals surface area contributed by atoms with Gasteiger partial charge in [0.15, 0.2) is 0 Å². The summed E-state index contributed by atoms with van der Waals surface area (Å²) >= 11 is 0. The highest BCUT2D eigenvalue weighted by Gasteiger charge is 2.21. The molecule has 0 N–H and O–H groups in total. The van der Waals surface area contributed by atoms with E-state index < -0.39 is 0 Å². The van der Waals surface area contributed by atoms with Crippen LogP contribution in [0.15, 0.2) is 9.98 Å². The highest BCUT2D eigenvalue weighted by Crippen LogP contribution is 2.12. The maximum atomic E-state index is 5.51. The van der Waals surface area contributed by atoms with Crippen LogP contribution in [0.2, 0.25) is 0 Å². The molecule has 1 heterocycles. The van der Waals surface area contributed by atoms with Gasteiger partial charge in [-0.25, -0.2) is 9.98 Å². The van der Waals surface area contributed by atoms with Gasteiger partial charge in [0.1, 0.15) is 12.6 Å². The van der Waals surface area contributed by atoms with Crippen LogP contribution < -0.4 is 0 Å². The lowest BCUT2D eigenvalue weighted by Gasteiger charge is -2.20. The monoisotopic (exact) mass is 226 g/mol. The molecule has 16 heavy (non-hydrogen) atoms. The van der Waals surface area contributed by atoms with Gasteiger partial charge in [-0.3, -0.25) is 0 Å². The Labute approximate surface area is 97.8 Å². The molecule has 0 bridgehead atoms. The van der Waals surface area contributed by atoms with Crippen molar-refractivity contribution in [2.75, 3.05) is 19.8 Å². The molecule has 0 aliphatic carbocycles. The Bertz CT molecular complexity index is 262. The van der Waals surface area contributed by atoms with Crippen molar-refractivity contribution in [1.29, 1.82) is 0 Å². The predicted molar refractivity (Wildman–Crippen MR) is 66.3 cm³/mol. The molecule has 0 aromatic carbocycles. The van der Waals surface area contributed by atoms with Crippen LogP contribution >= 0.6 is 0 Å². The first-order valence-corrected chi connectivity index (χ1v) is 6.18. The molecule has 0 radical (unpaired) electrons. The maximum Gasteiger partial charge on any atom is 0.209 e. The van der Waals surface area contributed by atoms with E-state index >= 15 is 0 Å². The highest BCUT2D eigenvalue weighted by atomic mass is 16.5. The molecule has 0 saturated carbocycles. The van der Waals surface area contributed by atoms with Gasteiger partial charge in [0.2, 0.25) is 11.8 Å². The van der Waals surface area contributed by atoms with Crippen LogP contribution in [-0.4, -0.2) is 37.6 Å². The molecule has 0 fully saturated rings. The average Bonchev–Trinajstić information content (AvgIpc) is 2.30. The summed E-state index contributed by atoms with van der Waals surface area (Å²) in [6, 6.07) is 0.0650. The second-order valence-corrected chi connectivity index (χ2v) is 3.70. The van der Waals surface area contributed by atoms with Crippen molar-refractivity contribution >= 4 is 11.8 Å². The molecular formula is C12H22N2O2. The summed E-state index contributed by atoms with van der Waals surface area (Å²) in [4.78, 5) is 8.94. The molecule has 92 valence electrons. The second-order valence-electron chi connectivity index (χ2n) is 3.70. The van der Waals surface area contributed by atoms with Crippen LogP contribution in [0.1, 0.15) is 40.0 Å². The quantitative estimate of drug-likeness (QED) is 0.722. The normalized spacial score (nSPS) is 20.1. The molecule has 0 aromatic heterocycles. The predicted octanol–water partition coefficient (Wildman–Crippen LogP) is 2.43. The molecule has 0 unspecified atom stereocenters. The van der Waals surface area contributed by atoms with Gasteiger partial charge in [-0.05, 0) is 20.3 Å². The third-order valence-corrected chi connectivity index (χ3v) is 2.39. The maximum absolute atomic E-state index is 5.51. The van der Waals surface area contributed by atoms with Crippen molar-refractivity contribution in [2.45, 2.75) is 46.1 Å². The minimum atomic E-state index is 0.0650. The first kappa shape index (κ1) is 13.0. The van der Waals surface area contributed by atoms with Gasteiger partial charge in [0.05, 0.1) is 13.2 Å². The zero-order valence-corrected chi connectivity index (χ0v) is 10.5. The summed E-state index contributed by atoms with van der Waals surface area (Å²) in [5.41, 5.74) is 0. The molecule has 0 amide bonds. The number of nitrogens with zero attached hydrogens (tertiary/aromatic N) is 2. The average molecular weight is 226 g/mol. The molecular weight excluding hydrogens is 204 g/mol. The Balaban J connectivity index is 2.59. The number of aliphatic imine (C=N–C) groups is 2.